The summed E-state index contributed by atoms with van der Waals surface area (Å²) in [5.74, 6) is -1.05. The van der Waals surface area contributed by atoms with E-state index in [-0.39, 0.29) is 23.7 Å². The normalized spacial score (nSPS) is 10.0. The van der Waals surface area contributed by atoms with Gasteiger partial charge in [0.25, 0.3) is 0 Å². The highest BCUT2D eigenvalue weighted by Crippen LogP contribution is 2.34. The number of aliphatic carboxylic acids is 1. The second-order valence-corrected chi connectivity index (χ2v) is 3.70. The summed E-state index contributed by atoms with van der Waals surface area (Å²) >= 11 is 11.4. The molecule has 0 bridgehead atoms. The molecule has 0 radical (unpaired) electrons. The Hall–Kier alpha value is -1.13. The van der Waals surface area contributed by atoms with Gasteiger partial charge in [0.05, 0.1) is 17.1 Å². The van der Waals surface area contributed by atoms with E-state index in [0.717, 1.165) is 0 Å². The van der Waals surface area contributed by atoms with E-state index in [1.807, 2.05) is 0 Å². The monoisotopic (exact) mass is 249 g/mol. The van der Waals surface area contributed by atoms with Crippen LogP contribution in [0.1, 0.15) is 6.42 Å². The molecule has 1 rings (SSSR count). The third-order valence-corrected chi connectivity index (χ3v) is 2.19. The summed E-state index contributed by atoms with van der Waals surface area (Å²) in [5, 5.41) is 21.1. The number of anilines is 1. The van der Waals surface area contributed by atoms with E-state index in [2.05, 4.69) is 5.32 Å². The Morgan fingerprint density at radius 2 is 2.07 bits per heavy atom. The van der Waals surface area contributed by atoms with Gasteiger partial charge >= 0.3 is 5.97 Å². The molecule has 0 aliphatic heterocycles. The van der Waals surface area contributed by atoms with Gasteiger partial charge in [0.1, 0.15) is 0 Å². The fraction of sp³-hybridized carbons (Fsp3) is 0.222. The Kier molecular flexibility index (Phi) is 4.05. The van der Waals surface area contributed by atoms with Crippen LogP contribution in [0.4, 0.5) is 5.69 Å². The number of aromatic hydroxyl groups is 1. The third-order valence-electron chi connectivity index (χ3n) is 1.68. The van der Waals surface area contributed by atoms with Gasteiger partial charge in [0, 0.05) is 11.6 Å². The quantitative estimate of drug-likeness (QED) is 0.718. The van der Waals surface area contributed by atoms with E-state index in [1.165, 1.54) is 12.1 Å². The number of carbonyl (C=O) groups is 1. The molecule has 1 aromatic carbocycles. The highest BCUT2D eigenvalue weighted by atomic mass is 35.5. The molecule has 0 heterocycles. The molecule has 0 spiro atoms. The summed E-state index contributed by atoms with van der Waals surface area (Å²) in [4.78, 5) is 10.3. The molecule has 6 heteroatoms. The minimum atomic E-state index is -0.921. The number of hydrogen-bond acceptors (Lipinski definition) is 3. The summed E-state index contributed by atoms with van der Waals surface area (Å²) in [6, 6.07) is 2.88. The van der Waals surface area contributed by atoms with Crippen molar-refractivity contribution < 1.29 is 15.0 Å². The molecular formula is C9H9Cl2NO3. The first-order valence-electron chi connectivity index (χ1n) is 4.14. The maximum atomic E-state index is 10.3. The number of phenolic OH excluding ortho intramolecular Hbond substituents is 1. The van der Waals surface area contributed by atoms with Crippen LogP contribution in [-0.4, -0.2) is 22.7 Å². The lowest BCUT2D eigenvalue weighted by Gasteiger charge is -2.08. The lowest BCUT2D eigenvalue weighted by Crippen LogP contribution is -2.07. The first-order chi connectivity index (χ1) is 7.00. The van der Waals surface area contributed by atoms with Crippen molar-refractivity contribution in [2.75, 3.05) is 11.9 Å². The highest BCUT2D eigenvalue weighted by Gasteiger charge is 2.07. The Morgan fingerprint density at radius 1 is 1.40 bits per heavy atom. The number of phenols is 1. The van der Waals surface area contributed by atoms with Crippen molar-refractivity contribution in [2.24, 2.45) is 0 Å². The van der Waals surface area contributed by atoms with Crippen molar-refractivity contribution in [3.05, 3.63) is 22.2 Å². The van der Waals surface area contributed by atoms with Crippen molar-refractivity contribution >= 4 is 34.9 Å². The molecule has 0 amide bonds. The van der Waals surface area contributed by atoms with Gasteiger partial charge < -0.3 is 15.5 Å². The van der Waals surface area contributed by atoms with Gasteiger partial charge in [-0.1, -0.05) is 23.2 Å². The number of halogens is 2. The van der Waals surface area contributed by atoms with Crippen LogP contribution in [0.15, 0.2) is 12.1 Å². The molecular weight excluding hydrogens is 241 g/mol. The van der Waals surface area contributed by atoms with Gasteiger partial charge in [-0.3, -0.25) is 4.79 Å². The predicted octanol–water partition coefficient (Wildman–Crippen LogP) is 2.59. The van der Waals surface area contributed by atoms with Gasteiger partial charge in [-0.25, -0.2) is 0 Å². The molecule has 0 aliphatic rings. The summed E-state index contributed by atoms with van der Waals surface area (Å²) < 4.78 is 0. The summed E-state index contributed by atoms with van der Waals surface area (Å²) in [7, 11) is 0. The molecule has 0 aliphatic carbocycles. The lowest BCUT2D eigenvalue weighted by molar-refractivity contribution is -0.136. The number of benzene rings is 1. The number of carboxylic acid groups (broad SMARTS) is 1. The summed E-state index contributed by atoms with van der Waals surface area (Å²) in [6.07, 6.45) is -0.0520. The van der Waals surface area contributed by atoms with Crippen molar-refractivity contribution in [1.29, 1.82) is 0 Å². The molecule has 0 unspecified atom stereocenters. The van der Waals surface area contributed by atoms with Gasteiger partial charge in [-0.15, -0.1) is 0 Å². The second-order valence-electron chi connectivity index (χ2n) is 2.85. The number of nitrogens with one attached hydrogen (secondary N) is 1. The number of carboxylic acids is 1. The van der Waals surface area contributed by atoms with Crippen LogP contribution in [-0.2, 0) is 4.79 Å². The van der Waals surface area contributed by atoms with Crippen LogP contribution in [0.3, 0.4) is 0 Å². The molecule has 3 N–H and O–H groups in total. The zero-order valence-electron chi connectivity index (χ0n) is 7.63. The van der Waals surface area contributed by atoms with Gasteiger partial charge in [0.2, 0.25) is 0 Å². The van der Waals surface area contributed by atoms with Crippen LogP contribution in [0.5, 0.6) is 5.75 Å². The van der Waals surface area contributed by atoms with Gasteiger partial charge in [-0.05, 0) is 12.1 Å². The molecule has 82 valence electrons. The van der Waals surface area contributed by atoms with Crippen molar-refractivity contribution in [3.63, 3.8) is 0 Å². The summed E-state index contributed by atoms with van der Waals surface area (Å²) in [5.41, 5.74) is 0.328. The minimum Gasteiger partial charge on any atom is -0.504 e. The Labute approximate surface area is 96.4 Å². The van der Waals surface area contributed by atoms with Gasteiger partial charge in [0.15, 0.2) is 5.75 Å². The Morgan fingerprint density at radius 3 is 2.67 bits per heavy atom. The van der Waals surface area contributed by atoms with Crippen LogP contribution in [0, 0.1) is 0 Å². The van der Waals surface area contributed by atoms with Gasteiger partial charge in [-0.2, -0.15) is 0 Å². The Balaban J connectivity index is 2.72. The first-order valence-corrected chi connectivity index (χ1v) is 4.90. The average Bonchev–Trinajstić information content (AvgIpc) is 2.12. The number of rotatable bonds is 4. The van der Waals surface area contributed by atoms with Crippen molar-refractivity contribution in [2.45, 2.75) is 6.42 Å². The molecule has 15 heavy (non-hydrogen) atoms. The number of hydrogen-bond donors (Lipinski definition) is 3. The predicted molar refractivity (Wildman–Crippen MR) is 58.9 cm³/mol. The molecule has 1 aromatic rings. The van der Waals surface area contributed by atoms with Crippen LogP contribution < -0.4 is 5.32 Å². The molecule has 0 saturated heterocycles. The fourth-order valence-corrected chi connectivity index (χ4v) is 1.50. The largest absolute Gasteiger partial charge is 0.504 e. The van der Waals surface area contributed by atoms with E-state index in [1.54, 1.807) is 0 Å². The van der Waals surface area contributed by atoms with E-state index in [9.17, 15) is 9.90 Å². The van der Waals surface area contributed by atoms with Crippen LogP contribution >= 0.6 is 23.2 Å². The molecule has 4 nitrogen and oxygen atoms in total. The van der Waals surface area contributed by atoms with E-state index in [0.29, 0.717) is 10.7 Å². The topological polar surface area (TPSA) is 69.6 Å². The van der Waals surface area contributed by atoms with E-state index < -0.39 is 5.97 Å². The lowest BCUT2D eigenvalue weighted by atomic mass is 10.3. The van der Waals surface area contributed by atoms with Crippen LogP contribution in [0.25, 0.3) is 0 Å². The fourth-order valence-electron chi connectivity index (χ4n) is 1.00. The molecule has 0 saturated carbocycles. The van der Waals surface area contributed by atoms with Crippen LogP contribution in [0.2, 0.25) is 10.0 Å². The minimum absolute atomic E-state index is 0.0520. The maximum Gasteiger partial charge on any atom is 0.305 e. The third kappa shape index (κ3) is 3.49. The first kappa shape index (κ1) is 11.9. The molecule has 0 aromatic heterocycles. The smallest absolute Gasteiger partial charge is 0.305 e. The standard InChI is InChI=1S/C9H9Cl2NO3/c10-5-3-6(11)9(15)7(4-5)12-2-1-8(13)14/h3-4,12,15H,1-2H2,(H,13,14). The van der Waals surface area contributed by atoms with E-state index in [4.69, 9.17) is 28.3 Å². The zero-order valence-corrected chi connectivity index (χ0v) is 9.14. The van der Waals surface area contributed by atoms with E-state index >= 15 is 0 Å². The molecule has 0 fully saturated rings. The second kappa shape index (κ2) is 5.09. The zero-order chi connectivity index (χ0) is 11.4. The summed E-state index contributed by atoms with van der Waals surface area (Å²) in [6.45, 7) is 0.194. The average molecular weight is 250 g/mol. The Bertz CT molecular complexity index is 382. The maximum absolute atomic E-state index is 10.3. The highest BCUT2D eigenvalue weighted by molar-refractivity contribution is 6.36. The van der Waals surface area contributed by atoms with Crippen molar-refractivity contribution in [3.8, 4) is 5.75 Å². The molecule has 0 atom stereocenters. The SMILES string of the molecule is O=C(O)CCNc1cc(Cl)cc(Cl)c1O. The van der Waals surface area contributed by atoms with Crippen molar-refractivity contribution in [1.82, 2.24) is 0 Å².